The number of benzene rings is 2. The van der Waals surface area contributed by atoms with Gasteiger partial charge in [-0.15, -0.1) is 11.1 Å². The fourth-order valence-corrected chi connectivity index (χ4v) is 6.49. The van der Waals surface area contributed by atoms with Crippen LogP contribution >= 0.6 is 11.1 Å². The van der Waals surface area contributed by atoms with Crippen LogP contribution in [0.4, 0.5) is 0 Å². The minimum absolute atomic E-state index is 0.0329. The minimum atomic E-state index is -2.57. The summed E-state index contributed by atoms with van der Waals surface area (Å²) in [5.41, 5.74) is 1.19. The topological polar surface area (TPSA) is 12.5 Å². The highest BCUT2D eigenvalue weighted by molar-refractivity contribution is 7.22. The Labute approximate surface area is 125 Å². The van der Waals surface area contributed by atoms with Gasteiger partial charge in [0.2, 0.25) is 0 Å². The first-order valence-corrected chi connectivity index (χ1v) is 9.70. The summed E-state index contributed by atoms with van der Waals surface area (Å²) < 4.78 is 8.60. The molecule has 1 fully saturated rings. The van der Waals surface area contributed by atoms with Crippen LogP contribution in [0.2, 0.25) is 0 Å². The third kappa shape index (κ3) is 2.21. The van der Waals surface area contributed by atoms with Gasteiger partial charge in [0.1, 0.15) is 0 Å². The van der Waals surface area contributed by atoms with Crippen LogP contribution in [-0.4, -0.2) is 25.4 Å². The molecule has 0 bridgehead atoms. The van der Waals surface area contributed by atoms with E-state index < -0.39 is 7.79 Å². The zero-order chi connectivity index (χ0) is 14.2. The maximum atomic E-state index is 6.93. The van der Waals surface area contributed by atoms with Gasteiger partial charge >= 0.3 is 7.79 Å². The van der Waals surface area contributed by atoms with Gasteiger partial charge in [0.15, 0.2) is 0 Å². The smallest absolute Gasteiger partial charge is 0.380 e. The lowest BCUT2D eigenvalue weighted by Crippen LogP contribution is -2.55. The fraction of sp³-hybridized carbons (Fsp3) is 0.250. The van der Waals surface area contributed by atoms with Gasteiger partial charge < -0.3 is 4.43 Å². The lowest BCUT2D eigenvalue weighted by Gasteiger charge is -2.26. The summed E-state index contributed by atoms with van der Waals surface area (Å²) in [5.74, 6) is 0. The van der Waals surface area contributed by atoms with Crippen LogP contribution in [0.5, 0.6) is 0 Å². The third-order valence-corrected chi connectivity index (χ3v) is 8.69. The number of hydrogen-bond donors (Lipinski definition) is 0. The van der Waals surface area contributed by atoms with Crippen molar-refractivity contribution in [3.05, 3.63) is 66.2 Å². The van der Waals surface area contributed by atoms with Crippen molar-refractivity contribution < 1.29 is 4.43 Å². The lowest BCUT2D eigenvalue weighted by atomic mass is 10.0. The number of rotatable bonds is 2. The monoisotopic (exact) mass is 303 g/mol. The Bertz CT molecular complexity index is 580. The van der Waals surface area contributed by atoms with Crippen molar-refractivity contribution in [1.29, 1.82) is 0 Å². The van der Waals surface area contributed by atoms with E-state index in [1.165, 1.54) is 5.56 Å². The first-order valence-electron chi connectivity index (χ1n) is 6.83. The summed E-state index contributed by atoms with van der Waals surface area (Å²) >= 11 is 6.93. The fourth-order valence-electron chi connectivity index (χ4n) is 2.72. The maximum absolute atomic E-state index is 6.93. The average Bonchev–Trinajstić information content (AvgIpc) is 2.75. The summed E-state index contributed by atoms with van der Waals surface area (Å²) in [7, 11) is -0.500. The first kappa shape index (κ1) is 13.8. The van der Waals surface area contributed by atoms with Crippen molar-refractivity contribution in [1.82, 2.24) is 4.57 Å². The molecule has 0 N–H and O–H groups in total. The van der Waals surface area contributed by atoms with Gasteiger partial charge in [-0.25, -0.2) is 0 Å². The second kappa shape index (κ2) is 5.33. The highest BCUT2D eigenvalue weighted by atomic mass is 35.6. The molecule has 0 amide bonds. The molecule has 3 atom stereocenters. The second-order valence-corrected chi connectivity index (χ2v) is 9.41. The number of hydrogen-bond acceptors (Lipinski definition) is 2. The van der Waals surface area contributed by atoms with Gasteiger partial charge in [-0.3, -0.25) is 4.57 Å². The molecule has 104 valence electrons. The molecule has 0 saturated carbocycles. The molecule has 20 heavy (non-hydrogen) atoms. The van der Waals surface area contributed by atoms with Crippen LogP contribution in [0.1, 0.15) is 18.6 Å². The Kier molecular flexibility index (Phi) is 3.69. The van der Waals surface area contributed by atoms with Gasteiger partial charge in [0.05, 0.1) is 6.10 Å². The normalized spacial score (nSPS) is 30.6. The summed E-state index contributed by atoms with van der Waals surface area (Å²) in [6.45, 7) is 2.18. The molecule has 1 saturated heterocycles. The van der Waals surface area contributed by atoms with E-state index in [2.05, 4.69) is 42.8 Å². The molecular weight excluding hydrogens is 286 g/mol. The van der Waals surface area contributed by atoms with Crippen molar-refractivity contribution >= 4 is 24.1 Å². The summed E-state index contributed by atoms with van der Waals surface area (Å²) in [6.07, 6.45) is 0.0329. The van der Waals surface area contributed by atoms with Crippen LogP contribution in [0.3, 0.4) is 0 Å². The van der Waals surface area contributed by atoms with Gasteiger partial charge in [-0.2, -0.15) is 0 Å². The summed E-state index contributed by atoms with van der Waals surface area (Å²) in [6, 6.07) is 20.8. The van der Waals surface area contributed by atoms with Crippen LogP contribution in [-0.2, 0) is 4.43 Å². The molecule has 3 rings (SSSR count). The number of likely N-dealkylation sites (N-methyl/N-ethyl adjacent to an activating group) is 1. The predicted octanol–water partition coefficient (Wildman–Crippen LogP) is 3.16. The standard InChI is InChI=1S/C16H18ClNOSi/c1-13-16(14-9-5-3-6-10-14)19-20(17,18(13)2)15-11-7-4-8-12-15/h3-13,16H,1-2H3/t13-,16+,20+/m1/s1. The predicted molar refractivity (Wildman–Crippen MR) is 85.2 cm³/mol. The molecule has 0 unspecified atom stereocenters. The molecule has 1 heterocycles. The van der Waals surface area contributed by atoms with E-state index in [9.17, 15) is 0 Å². The Morgan fingerprint density at radius 3 is 2.15 bits per heavy atom. The lowest BCUT2D eigenvalue weighted by molar-refractivity contribution is 0.209. The molecule has 1 aliphatic rings. The summed E-state index contributed by atoms with van der Waals surface area (Å²) in [5, 5.41) is 1.11. The average molecular weight is 304 g/mol. The highest BCUT2D eigenvalue weighted by Crippen LogP contribution is 2.38. The van der Waals surface area contributed by atoms with E-state index in [1.54, 1.807) is 0 Å². The molecule has 2 aromatic rings. The van der Waals surface area contributed by atoms with E-state index in [1.807, 2.05) is 36.4 Å². The van der Waals surface area contributed by atoms with E-state index in [4.69, 9.17) is 15.5 Å². The molecule has 0 aliphatic carbocycles. The van der Waals surface area contributed by atoms with Crippen molar-refractivity contribution in [2.24, 2.45) is 0 Å². The van der Waals surface area contributed by atoms with Crippen LogP contribution in [0, 0.1) is 0 Å². The van der Waals surface area contributed by atoms with E-state index in [0.717, 1.165) is 5.19 Å². The quantitative estimate of drug-likeness (QED) is 0.624. The Morgan fingerprint density at radius 1 is 1.00 bits per heavy atom. The molecule has 0 radical (unpaired) electrons. The van der Waals surface area contributed by atoms with Crippen LogP contribution in [0.25, 0.3) is 0 Å². The van der Waals surface area contributed by atoms with Gasteiger partial charge in [0.25, 0.3) is 0 Å². The minimum Gasteiger partial charge on any atom is -0.380 e. The second-order valence-electron chi connectivity index (χ2n) is 5.23. The van der Waals surface area contributed by atoms with Crippen LogP contribution in [0.15, 0.2) is 60.7 Å². The zero-order valence-electron chi connectivity index (χ0n) is 11.7. The molecule has 4 heteroatoms. The number of nitrogens with zero attached hydrogens (tertiary/aromatic N) is 1. The van der Waals surface area contributed by atoms with Gasteiger partial charge in [-0.1, -0.05) is 60.7 Å². The van der Waals surface area contributed by atoms with Crippen molar-refractivity contribution in [2.45, 2.75) is 19.1 Å². The molecular formula is C16H18ClNOSi. The highest BCUT2D eigenvalue weighted by Gasteiger charge is 2.53. The van der Waals surface area contributed by atoms with Crippen LogP contribution < -0.4 is 5.19 Å². The number of halogens is 1. The molecule has 1 aliphatic heterocycles. The zero-order valence-corrected chi connectivity index (χ0v) is 13.4. The molecule has 0 aromatic heterocycles. The largest absolute Gasteiger partial charge is 0.408 e. The van der Waals surface area contributed by atoms with E-state index in [-0.39, 0.29) is 12.1 Å². The van der Waals surface area contributed by atoms with Gasteiger partial charge in [-0.05, 0) is 24.7 Å². The van der Waals surface area contributed by atoms with Crippen molar-refractivity contribution in [2.75, 3.05) is 7.05 Å². The van der Waals surface area contributed by atoms with Crippen molar-refractivity contribution in [3.8, 4) is 0 Å². The molecule has 0 spiro atoms. The Balaban J connectivity index is 1.97. The van der Waals surface area contributed by atoms with Gasteiger partial charge in [0, 0.05) is 6.04 Å². The van der Waals surface area contributed by atoms with E-state index >= 15 is 0 Å². The summed E-state index contributed by atoms with van der Waals surface area (Å²) in [4.78, 5) is 0. The van der Waals surface area contributed by atoms with E-state index in [0.29, 0.717) is 0 Å². The van der Waals surface area contributed by atoms with Crippen molar-refractivity contribution in [3.63, 3.8) is 0 Å². The third-order valence-electron chi connectivity index (χ3n) is 4.04. The maximum Gasteiger partial charge on any atom is 0.408 e. The SMILES string of the molecule is C[C@@H]1[C@@H](c2ccccc2)O[Si@](Cl)(c2ccccc2)N1C. The molecule has 2 nitrogen and oxygen atoms in total. The Hall–Kier alpha value is -1.13. The first-order chi connectivity index (χ1) is 9.63. The molecule has 2 aromatic carbocycles. The Morgan fingerprint density at radius 2 is 1.55 bits per heavy atom.